The minimum absolute atomic E-state index is 0.201. The Morgan fingerprint density at radius 2 is 1.84 bits per heavy atom. The molecule has 0 aliphatic carbocycles. The van der Waals surface area contributed by atoms with Crippen molar-refractivity contribution in [2.24, 2.45) is 0 Å². The number of nitrogens with zero attached hydrogens (tertiary/aromatic N) is 2. The van der Waals surface area contributed by atoms with Gasteiger partial charge in [-0.1, -0.05) is 56.2 Å². The van der Waals surface area contributed by atoms with Crippen LogP contribution in [0.5, 0.6) is 5.75 Å². The van der Waals surface area contributed by atoms with Gasteiger partial charge in [0.15, 0.2) is 0 Å². The predicted molar refractivity (Wildman–Crippen MR) is 183 cm³/mol. The highest BCUT2D eigenvalue weighted by atomic mass is 32.2. The standard InChI is InChI=1S/C36H43N5O3S/c1-4-26(38-22-11-8-6-7-9-15-28(42)5-2)25-44-33-16-13-17-34(35(33)36(43)37-3)45-29-19-20-30-31(40-41-32(30)24-29)21-18-27-14-10-12-23-39-27/h4,10,12-14,16-21,23-24,38H,5-9,11,15,22,25H2,1-3H3,(H,37,43)(H,40,41)/b21-18+,26-4-. The summed E-state index contributed by atoms with van der Waals surface area (Å²) in [5.41, 5.74) is 4.09. The highest BCUT2D eigenvalue weighted by Gasteiger charge is 2.18. The van der Waals surface area contributed by atoms with Crippen LogP contribution in [0.3, 0.4) is 0 Å². The number of rotatable bonds is 18. The normalized spacial score (nSPS) is 11.7. The first-order valence-corrected chi connectivity index (χ1v) is 16.5. The number of aromatic nitrogens is 3. The molecule has 0 radical (unpaired) electrons. The van der Waals surface area contributed by atoms with Gasteiger partial charge in [-0.25, -0.2) is 0 Å². The van der Waals surface area contributed by atoms with Gasteiger partial charge in [-0.05, 0) is 74.4 Å². The van der Waals surface area contributed by atoms with E-state index >= 15 is 0 Å². The Kier molecular flexibility index (Phi) is 13.3. The van der Waals surface area contributed by atoms with E-state index in [9.17, 15) is 9.59 Å². The Morgan fingerprint density at radius 3 is 2.62 bits per heavy atom. The third-order valence-electron chi connectivity index (χ3n) is 7.44. The molecule has 8 nitrogen and oxygen atoms in total. The molecule has 0 spiro atoms. The molecule has 4 aromatic rings. The Bertz CT molecular complexity index is 1610. The third-order valence-corrected chi connectivity index (χ3v) is 8.49. The van der Waals surface area contributed by atoms with Gasteiger partial charge in [0.25, 0.3) is 5.91 Å². The van der Waals surface area contributed by atoms with E-state index < -0.39 is 0 Å². The Morgan fingerprint density at radius 1 is 1.00 bits per heavy atom. The van der Waals surface area contributed by atoms with Crippen molar-refractivity contribution < 1.29 is 14.3 Å². The number of H-pyrrole nitrogens is 1. The zero-order valence-electron chi connectivity index (χ0n) is 26.4. The van der Waals surface area contributed by atoms with Crippen molar-refractivity contribution in [1.82, 2.24) is 25.8 Å². The molecule has 0 saturated carbocycles. The molecule has 4 rings (SSSR count). The molecule has 0 aliphatic heterocycles. The Hall–Kier alpha value is -4.37. The Labute approximate surface area is 270 Å². The quantitative estimate of drug-likeness (QED) is 0.0967. The van der Waals surface area contributed by atoms with Crippen molar-refractivity contribution in [2.75, 3.05) is 20.2 Å². The summed E-state index contributed by atoms with van der Waals surface area (Å²) in [6, 6.07) is 17.6. The van der Waals surface area contributed by atoms with Crippen molar-refractivity contribution >= 4 is 46.5 Å². The van der Waals surface area contributed by atoms with Gasteiger partial charge in [0.1, 0.15) is 18.1 Å². The summed E-state index contributed by atoms with van der Waals surface area (Å²) in [5, 5.41) is 14.8. The number of amides is 1. The van der Waals surface area contributed by atoms with Crippen LogP contribution < -0.4 is 15.4 Å². The molecule has 45 heavy (non-hydrogen) atoms. The number of ether oxygens (including phenoxy) is 1. The topological polar surface area (TPSA) is 109 Å². The number of aromatic amines is 1. The highest BCUT2D eigenvalue weighted by molar-refractivity contribution is 7.99. The molecule has 0 fully saturated rings. The number of carbonyl (C=O) groups excluding carboxylic acids is 2. The van der Waals surface area contributed by atoms with E-state index in [1.165, 1.54) is 11.8 Å². The monoisotopic (exact) mass is 625 g/mol. The lowest BCUT2D eigenvalue weighted by Crippen LogP contribution is -2.22. The first-order valence-electron chi connectivity index (χ1n) is 15.7. The van der Waals surface area contributed by atoms with Crippen LogP contribution in [0.1, 0.15) is 80.5 Å². The fourth-order valence-electron chi connectivity index (χ4n) is 4.84. The van der Waals surface area contributed by atoms with Gasteiger partial charge >= 0.3 is 0 Å². The van der Waals surface area contributed by atoms with Gasteiger partial charge in [-0.3, -0.25) is 19.7 Å². The summed E-state index contributed by atoms with van der Waals surface area (Å²) in [5.74, 6) is 0.689. The summed E-state index contributed by atoms with van der Waals surface area (Å²) in [7, 11) is 1.63. The van der Waals surface area contributed by atoms with Crippen molar-refractivity contribution in [1.29, 1.82) is 0 Å². The number of hydrogen-bond acceptors (Lipinski definition) is 7. The van der Waals surface area contributed by atoms with E-state index in [4.69, 9.17) is 4.74 Å². The second-order valence-electron chi connectivity index (χ2n) is 10.7. The van der Waals surface area contributed by atoms with Crippen LogP contribution in [0.15, 0.2) is 82.4 Å². The van der Waals surface area contributed by atoms with Crippen LogP contribution in [0.25, 0.3) is 23.1 Å². The molecule has 2 heterocycles. The maximum atomic E-state index is 13.1. The smallest absolute Gasteiger partial charge is 0.255 e. The van der Waals surface area contributed by atoms with E-state index in [0.29, 0.717) is 36.5 Å². The lowest BCUT2D eigenvalue weighted by atomic mass is 10.1. The zero-order valence-corrected chi connectivity index (χ0v) is 27.2. The molecule has 0 unspecified atom stereocenters. The number of nitrogens with one attached hydrogen (secondary N) is 3. The number of Topliss-reactive ketones (excluding diaryl/α,β-unsaturated/α-hetero) is 1. The van der Waals surface area contributed by atoms with Gasteiger partial charge in [0.05, 0.1) is 22.5 Å². The van der Waals surface area contributed by atoms with Crippen LogP contribution >= 0.6 is 11.8 Å². The minimum atomic E-state index is -0.201. The van der Waals surface area contributed by atoms with E-state index in [0.717, 1.165) is 76.4 Å². The lowest BCUT2D eigenvalue weighted by Gasteiger charge is -2.16. The number of unbranched alkanes of at least 4 members (excludes halogenated alkanes) is 4. The molecular formula is C36H43N5O3S. The third kappa shape index (κ3) is 10.1. The second kappa shape index (κ2) is 17.8. The first-order chi connectivity index (χ1) is 22.0. The first kappa shape index (κ1) is 33.5. The number of pyridine rings is 1. The van der Waals surface area contributed by atoms with Crippen molar-refractivity contribution in [3.05, 3.63) is 89.5 Å². The number of ketones is 1. The molecule has 0 bridgehead atoms. The largest absolute Gasteiger partial charge is 0.487 e. The average Bonchev–Trinajstić information content (AvgIpc) is 3.48. The highest BCUT2D eigenvalue weighted by Crippen LogP contribution is 2.36. The van der Waals surface area contributed by atoms with Gasteiger partial charge in [-0.15, -0.1) is 0 Å². The van der Waals surface area contributed by atoms with Gasteiger partial charge in [0.2, 0.25) is 0 Å². The molecule has 3 N–H and O–H groups in total. The van der Waals surface area contributed by atoms with E-state index in [2.05, 4.69) is 25.8 Å². The van der Waals surface area contributed by atoms with Crippen LogP contribution in [0.4, 0.5) is 0 Å². The summed E-state index contributed by atoms with van der Waals surface area (Å²) >= 11 is 1.51. The number of fused-ring (bicyclic) bond motifs is 1. The number of carbonyl (C=O) groups is 2. The fourth-order valence-corrected chi connectivity index (χ4v) is 5.85. The summed E-state index contributed by atoms with van der Waals surface area (Å²) < 4.78 is 6.21. The molecule has 0 aliphatic rings. The van der Waals surface area contributed by atoms with E-state index in [1.807, 2.05) is 86.7 Å². The fraction of sp³-hybridized carbons (Fsp3) is 0.333. The predicted octanol–water partition coefficient (Wildman–Crippen LogP) is 7.83. The number of benzene rings is 2. The van der Waals surface area contributed by atoms with E-state index in [-0.39, 0.29) is 5.91 Å². The van der Waals surface area contributed by atoms with Gasteiger partial charge < -0.3 is 15.4 Å². The molecule has 1 amide bonds. The average molecular weight is 626 g/mol. The van der Waals surface area contributed by atoms with Gasteiger partial charge in [0, 0.05) is 53.5 Å². The molecule has 9 heteroatoms. The molecule has 2 aromatic heterocycles. The maximum Gasteiger partial charge on any atom is 0.255 e. The van der Waals surface area contributed by atoms with Crippen molar-refractivity contribution in [2.45, 2.75) is 68.6 Å². The maximum absolute atomic E-state index is 13.1. The number of allylic oxidation sites excluding steroid dienone is 1. The van der Waals surface area contributed by atoms with Crippen LogP contribution in [0, 0.1) is 0 Å². The second-order valence-corrected chi connectivity index (χ2v) is 11.8. The van der Waals surface area contributed by atoms with Gasteiger partial charge in [-0.2, -0.15) is 5.10 Å². The SMILES string of the molecule is C/C=C(/COc1cccc(Sc2ccc3c(/C=C/c4ccccn4)n[nH]c3c2)c1C(=O)NC)NCCCCCCCC(=O)CC. The zero-order chi connectivity index (χ0) is 31.9. The summed E-state index contributed by atoms with van der Waals surface area (Å²) in [6.45, 7) is 5.09. The van der Waals surface area contributed by atoms with Crippen molar-refractivity contribution in [3.63, 3.8) is 0 Å². The summed E-state index contributed by atoms with van der Waals surface area (Å²) in [4.78, 5) is 30.6. The van der Waals surface area contributed by atoms with E-state index in [1.54, 1.807) is 13.2 Å². The minimum Gasteiger partial charge on any atom is -0.487 e. The molecule has 236 valence electrons. The van der Waals surface area contributed by atoms with Crippen LogP contribution in [0.2, 0.25) is 0 Å². The molecule has 2 aromatic carbocycles. The molecule has 0 atom stereocenters. The summed E-state index contributed by atoms with van der Waals surface area (Å²) in [6.07, 6.45) is 14.4. The number of hydrogen-bond donors (Lipinski definition) is 3. The Balaban J connectivity index is 1.36. The van der Waals surface area contributed by atoms with Crippen LogP contribution in [-0.4, -0.2) is 47.1 Å². The molecule has 0 saturated heterocycles. The lowest BCUT2D eigenvalue weighted by molar-refractivity contribution is -0.118. The van der Waals surface area contributed by atoms with Crippen LogP contribution in [-0.2, 0) is 4.79 Å². The molecular weight excluding hydrogens is 582 g/mol. The van der Waals surface area contributed by atoms with Crippen molar-refractivity contribution in [3.8, 4) is 5.75 Å².